The molecule has 0 aliphatic carbocycles. The maximum Gasteiger partial charge on any atom is 0.352 e. The Hall–Kier alpha value is -2.69. The number of carboxylic acids is 1. The van der Waals surface area contributed by atoms with Crippen LogP contribution in [0.4, 0.5) is 9.59 Å². The second kappa shape index (κ2) is 13.4. The van der Waals surface area contributed by atoms with E-state index in [-0.39, 0.29) is 48.2 Å². The first-order valence-electron chi connectivity index (χ1n) is 11.4. The Bertz CT molecular complexity index is 1100. The van der Waals surface area contributed by atoms with Crippen LogP contribution in [0.1, 0.15) is 48.0 Å². The number of aliphatic hydroxyl groups is 1. The van der Waals surface area contributed by atoms with E-state index in [1.807, 2.05) is 0 Å². The van der Waals surface area contributed by atoms with E-state index in [0.717, 1.165) is 0 Å². The molecule has 38 heavy (non-hydrogen) atoms. The van der Waals surface area contributed by atoms with Gasteiger partial charge in [-0.05, 0) is 5.41 Å². The molecular weight excluding hydrogens is 544 g/mol. The third kappa shape index (κ3) is 11.4. The molecule has 0 spiro atoms. The molecule has 0 aliphatic heterocycles. The highest BCUT2D eigenvalue weighted by Gasteiger charge is 2.42. The van der Waals surface area contributed by atoms with Crippen molar-refractivity contribution < 1.29 is 46.2 Å². The van der Waals surface area contributed by atoms with Gasteiger partial charge in [0.1, 0.15) is 0 Å². The van der Waals surface area contributed by atoms with Gasteiger partial charge in [0.15, 0.2) is 0 Å². The summed E-state index contributed by atoms with van der Waals surface area (Å²) < 4.78 is 55.8. The summed E-state index contributed by atoms with van der Waals surface area (Å²) in [6, 6.07) is -2.97. The predicted molar refractivity (Wildman–Crippen MR) is 140 cm³/mol. The molecule has 4 amide bonds. The molecule has 0 saturated heterocycles. The van der Waals surface area contributed by atoms with Crippen molar-refractivity contribution in [2.45, 2.75) is 48.0 Å². The highest BCUT2D eigenvalue weighted by Crippen LogP contribution is 2.23. The number of carbonyl (C=O) groups is 3. The molecule has 14 nitrogen and oxygen atoms in total. The molecule has 0 aromatic rings. The van der Waals surface area contributed by atoms with Gasteiger partial charge in [0.05, 0.1) is 19.6 Å². The maximum absolute atomic E-state index is 13.0. The van der Waals surface area contributed by atoms with Gasteiger partial charge in [0, 0.05) is 41.3 Å². The van der Waals surface area contributed by atoms with Gasteiger partial charge >= 0.3 is 18.0 Å². The summed E-state index contributed by atoms with van der Waals surface area (Å²) in [4.78, 5) is 36.9. The molecule has 0 radical (unpaired) electrons. The second-order valence-corrected chi connectivity index (χ2v) is 14.4. The topological polar surface area (TPSA) is 200 Å². The first-order chi connectivity index (χ1) is 17.1. The summed E-state index contributed by atoms with van der Waals surface area (Å²) in [6.45, 7) is 15.2. The van der Waals surface area contributed by atoms with Crippen LogP contribution in [0.25, 0.3) is 0 Å². The van der Waals surface area contributed by atoms with E-state index >= 15 is 0 Å². The van der Waals surface area contributed by atoms with Crippen molar-refractivity contribution in [1.82, 2.24) is 19.5 Å². The van der Waals surface area contributed by atoms with Crippen LogP contribution in [-0.2, 0) is 29.6 Å². The SMILES string of the molecule is C=CS(=O)(=O)N(C(=O)NCC(C)(C)CO)N(C(=O)NCC(C)(C)COCC(C)(C)CC(=O)O)S(=O)(=O)C=C. The average Bonchev–Trinajstić information content (AvgIpc) is 2.78. The summed E-state index contributed by atoms with van der Waals surface area (Å²) in [5.74, 6) is -0.989. The Kier molecular flexibility index (Phi) is 12.4. The smallest absolute Gasteiger partial charge is 0.352 e. The Labute approximate surface area is 224 Å². The molecule has 0 rings (SSSR count). The number of sulfonamides is 2. The van der Waals surface area contributed by atoms with E-state index in [0.29, 0.717) is 10.8 Å². The molecular formula is C22H40N4O10S2. The van der Waals surface area contributed by atoms with Crippen molar-refractivity contribution in [3.05, 3.63) is 24.0 Å². The summed E-state index contributed by atoms with van der Waals surface area (Å²) in [5.41, 5.74) is -2.39. The number of carbonyl (C=O) groups excluding carboxylic acids is 2. The van der Waals surface area contributed by atoms with Crippen LogP contribution in [0.2, 0.25) is 0 Å². The number of ether oxygens (including phenoxy) is 1. The van der Waals surface area contributed by atoms with Crippen molar-refractivity contribution in [1.29, 1.82) is 0 Å². The minimum atomic E-state index is -4.88. The van der Waals surface area contributed by atoms with Gasteiger partial charge in [-0.2, -0.15) is 16.8 Å². The molecule has 0 unspecified atom stereocenters. The van der Waals surface area contributed by atoms with Gasteiger partial charge < -0.3 is 25.6 Å². The highest BCUT2D eigenvalue weighted by molar-refractivity contribution is 7.95. The van der Waals surface area contributed by atoms with Gasteiger partial charge in [-0.1, -0.05) is 54.7 Å². The van der Waals surface area contributed by atoms with Crippen molar-refractivity contribution >= 4 is 38.1 Å². The fraction of sp³-hybridized carbons (Fsp3) is 0.682. The summed E-state index contributed by atoms with van der Waals surface area (Å²) in [5, 5.41) is 23.4. The number of nitrogens with one attached hydrogen (secondary N) is 2. The van der Waals surface area contributed by atoms with E-state index in [2.05, 4.69) is 23.8 Å². The van der Waals surface area contributed by atoms with Crippen LogP contribution < -0.4 is 10.6 Å². The zero-order valence-corrected chi connectivity index (χ0v) is 24.3. The Morgan fingerprint density at radius 1 is 0.789 bits per heavy atom. The largest absolute Gasteiger partial charge is 0.481 e. The van der Waals surface area contributed by atoms with E-state index in [1.54, 1.807) is 41.5 Å². The van der Waals surface area contributed by atoms with Crippen LogP contribution in [0.5, 0.6) is 0 Å². The van der Waals surface area contributed by atoms with Crippen LogP contribution in [0.15, 0.2) is 24.0 Å². The zero-order valence-electron chi connectivity index (χ0n) is 22.7. The fourth-order valence-electron chi connectivity index (χ4n) is 2.68. The van der Waals surface area contributed by atoms with Gasteiger partial charge in [0.25, 0.3) is 20.0 Å². The van der Waals surface area contributed by atoms with Gasteiger partial charge in [-0.15, -0.1) is 8.83 Å². The first-order valence-corrected chi connectivity index (χ1v) is 14.4. The van der Waals surface area contributed by atoms with Crippen LogP contribution in [-0.4, -0.2) is 86.8 Å². The molecule has 0 atom stereocenters. The lowest BCUT2D eigenvalue weighted by atomic mass is 9.90. The lowest BCUT2D eigenvalue weighted by Crippen LogP contribution is -2.60. The van der Waals surface area contributed by atoms with Crippen molar-refractivity contribution in [3.8, 4) is 0 Å². The van der Waals surface area contributed by atoms with Crippen LogP contribution >= 0.6 is 0 Å². The quantitative estimate of drug-likeness (QED) is 0.204. The first kappa shape index (κ1) is 35.3. The predicted octanol–water partition coefficient (Wildman–Crippen LogP) is 1.43. The molecule has 16 heteroatoms. The van der Waals surface area contributed by atoms with Gasteiger partial charge in [0.2, 0.25) is 0 Å². The van der Waals surface area contributed by atoms with E-state index in [4.69, 9.17) is 9.84 Å². The average molecular weight is 585 g/mol. The normalized spacial score (nSPS) is 12.8. The lowest BCUT2D eigenvalue weighted by molar-refractivity contribution is -0.140. The number of amides is 4. The number of carboxylic acid groups (broad SMARTS) is 1. The number of aliphatic carboxylic acids is 1. The number of hydrogen-bond acceptors (Lipinski definition) is 9. The number of rotatable bonds is 15. The fourth-order valence-corrected chi connectivity index (χ4v) is 4.67. The Morgan fingerprint density at radius 3 is 1.50 bits per heavy atom. The molecule has 4 N–H and O–H groups in total. The van der Waals surface area contributed by atoms with Crippen LogP contribution in [0.3, 0.4) is 0 Å². The molecule has 0 aromatic heterocycles. The number of aliphatic hydroxyl groups excluding tert-OH is 1. The van der Waals surface area contributed by atoms with E-state index in [1.165, 1.54) is 0 Å². The minimum Gasteiger partial charge on any atom is -0.481 e. The summed E-state index contributed by atoms with van der Waals surface area (Å²) in [6.07, 6.45) is -0.135. The lowest BCUT2D eigenvalue weighted by Gasteiger charge is -2.33. The third-order valence-corrected chi connectivity index (χ3v) is 7.46. The molecule has 220 valence electrons. The number of hydrogen-bond donors (Lipinski definition) is 4. The standard InChI is InChI=1S/C22H40N4O10S2/c1-9-37(32,33)25(18(30)23-12-21(5,6)14-27)26(38(34,35)10-2)19(31)24-13-22(7,8)16-36-15-20(3,4)11-17(28)29/h9-10,27H,1-2,11-16H2,3-8H3,(H,23,30)(H,24,31)(H,28,29). The summed E-state index contributed by atoms with van der Waals surface area (Å²) in [7, 11) is -9.76. The van der Waals surface area contributed by atoms with Crippen LogP contribution in [0, 0.1) is 16.2 Å². The van der Waals surface area contributed by atoms with Gasteiger partial charge in [-0.25, -0.2) is 9.59 Å². The van der Waals surface area contributed by atoms with E-state index < -0.39 is 54.3 Å². The zero-order chi connectivity index (χ0) is 30.2. The maximum atomic E-state index is 13.0. The molecule has 0 bridgehead atoms. The summed E-state index contributed by atoms with van der Waals surface area (Å²) >= 11 is 0. The highest BCUT2D eigenvalue weighted by atomic mass is 32.2. The molecule has 0 heterocycles. The van der Waals surface area contributed by atoms with Crippen molar-refractivity contribution in [2.75, 3.05) is 32.9 Å². The van der Waals surface area contributed by atoms with Crippen molar-refractivity contribution in [3.63, 3.8) is 0 Å². The third-order valence-electron chi connectivity index (χ3n) is 4.90. The minimum absolute atomic E-state index is 0.0237. The number of hydrazine groups is 1. The Morgan fingerprint density at radius 2 is 1.16 bits per heavy atom. The monoisotopic (exact) mass is 584 g/mol. The van der Waals surface area contributed by atoms with Crippen molar-refractivity contribution in [2.24, 2.45) is 16.2 Å². The van der Waals surface area contributed by atoms with E-state index in [9.17, 15) is 36.3 Å². The molecule has 0 aliphatic rings. The Balaban J connectivity index is 5.92. The molecule has 0 saturated carbocycles. The molecule has 0 aromatic carbocycles. The number of nitrogens with zero attached hydrogens (tertiary/aromatic N) is 2. The van der Waals surface area contributed by atoms with Gasteiger partial charge in [-0.3, -0.25) is 4.79 Å². The number of urea groups is 2. The molecule has 0 fully saturated rings. The second-order valence-electron chi connectivity index (χ2n) is 10.9.